The van der Waals surface area contributed by atoms with Gasteiger partial charge in [0.25, 0.3) is 0 Å². The van der Waals surface area contributed by atoms with Gasteiger partial charge in [-0.15, -0.1) is 0 Å². The van der Waals surface area contributed by atoms with E-state index in [1.807, 2.05) is 6.92 Å². The fourth-order valence-electron chi connectivity index (χ4n) is 1.26. The van der Waals surface area contributed by atoms with Crippen molar-refractivity contribution in [1.29, 1.82) is 0 Å². The molecule has 70 valence electrons. The molecule has 0 aliphatic heterocycles. The summed E-state index contributed by atoms with van der Waals surface area (Å²) < 4.78 is 2.30. The van der Waals surface area contributed by atoms with Crippen molar-refractivity contribution in [3.05, 3.63) is 36.4 Å². The Hall–Kier alpha value is -0.863. The smallest absolute Gasteiger partial charge is 0.126 e. The van der Waals surface area contributed by atoms with Gasteiger partial charge in [-0.2, -0.15) is 0 Å². The molecular formula is C11H17NSi. The first-order valence-corrected chi connectivity index (χ1v) is 5.83. The van der Waals surface area contributed by atoms with E-state index in [0.29, 0.717) is 0 Å². The number of rotatable bonds is 3. The van der Waals surface area contributed by atoms with Gasteiger partial charge in [-0.3, -0.25) is 0 Å². The second-order valence-corrected chi connectivity index (χ2v) is 6.11. The highest BCUT2D eigenvalue weighted by molar-refractivity contribution is 6.50. The monoisotopic (exact) mass is 191 g/mol. The second kappa shape index (κ2) is 4.39. The van der Waals surface area contributed by atoms with Gasteiger partial charge in [0.15, 0.2) is 0 Å². The van der Waals surface area contributed by atoms with Crippen LogP contribution < -0.4 is 5.19 Å². The zero-order valence-electron chi connectivity index (χ0n) is 8.67. The Morgan fingerprint density at radius 2 is 1.77 bits per heavy atom. The van der Waals surface area contributed by atoms with Gasteiger partial charge in [0.05, 0.1) is 0 Å². The van der Waals surface area contributed by atoms with Crippen LogP contribution >= 0.6 is 0 Å². The van der Waals surface area contributed by atoms with E-state index >= 15 is 0 Å². The Morgan fingerprint density at radius 3 is 2.15 bits per heavy atom. The predicted molar refractivity (Wildman–Crippen MR) is 63.0 cm³/mol. The molecule has 0 saturated heterocycles. The number of benzene rings is 1. The van der Waals surface area contributed by atoms with E-state index in [1.165, 1.54) is 10.8 Å². The van der Waals surface area contributed by atoms with Crippen LogP contribution in [0.3, 0.4) is 0 Å². The van der Waals surface area contributed by atoms with Crippen molar-refractivity contribution < 1.29 is 0 Å². The molecule has 0 bridgehead atoms. The molecule has 0 heterocycles. The molecule has 0 aliphatic rings. The number of hydrogen-bond acceptors (Lipinski definition) is 1. The summed E-state index contributed by atoms with van der Waals surface area (Å²) in [5, 5.41) is 1.48. The molecule has 1 aromatic rings. The Balaban J connectivity index is 2.75. The molecule has 0 saturated carbocycles. The molecule has 1 rings (SSSR count). The molecule has 0 amide bonds. The summed E-state index contributed by atoms with van der Waals surface area (Å²) in [6.45, 7) is 5.96. The predicted octanol–water partition coefficient (Wildman–Crippen LogP) is 0.990. The minimum Gasteiger partial charge on any atom is -0.330 e. The molecule has 13 heavy (non-hydrogen) atoms. The van der Waals surface area contributed by atoms with Crippen LogP contribution in [0.2, 0.25) is 0 Å². The summed E-state index contributed by atoms with van der Waals surface area (Å²) in [7, 11) is 4.06. The third-order valence-corrected chi connectivity index (χ3v) is 3.41. The van der Waals surface area contributed by atoms with Crippen LogP contribution in [0.15, 0.2) is 30.8 Å². The number of allylic oxidation sites excluding steroid dienone is 1. The van der Waals surface area contributed by atoms with E-state index in [2.05, 4.69) is 49.5 Å². The van der Waals surface area contributed by atoms with Crippen LogP contribution in [0, 0.1) is 0 Å². The normalized spacial score (nSPS) is 11.4. The standard InChI is InChI=1S/C11H17NSi/c1-9(2)10-5-7-11(8-6-10)13-12(3)4/h5-8H,1,13H2,2-4H3. The lowest BCUT2D eigenvalue weighted by atomic mass is 10.1. The lowest BCUT2D eigenvalue weighted by Crippen LogP contribution is -2.29. The molecule has 0 atom stereocenters. The van der Waals surface area contributed by atoms with Gasteiger partial charge in [-0.25, -0.2) is 0 Å². The molecule has 2 heteroatoms. The van der Waals surface area contributed by atoms with Gasteiger partial charge in [-0.05, 0) is 31.8 Å². The molecule has 0 unspecified atom stereocenters. The fourth-order valence-corrected chi connectivity index (χ4v) is 2.44. The fraction of sp³-hybridized carbons (Fsp3) is 0.273. The molecule has 1 nitrogen and oxygen atoms in total. The summed E-state index contributed by atoms with van der Waals surface area (Å²) in [6, 6.07) is 8.76. The summed E-state index contributed by atoms with van der Waals surface area (Å²) >= 11 is 0. The summed E-state index contributed by atoms with van der Waals surface area (Å²) in [5.74, 6) is 0. The highest BCUT2D eigenvalue weighted by atomic mass is 28.2. The van der Waals surface area contributed by atoms with Gasteiger partial charge in [-0.1, -0.05) is 36.4 Å². The third kappa shape index (κ3) is 3.17. The minimum atomic E-state index is -0.214. The number of hydrogen-bond donors (Lipinski definition) is 0. The van der Waals surface area contributed by atoms with Crippen LogP contribution in [0.4, 0.5) is 0 Å². The van der Waals surface area contributed by atoms with E-state index in [9.17, 15) is 0 Å². The average molecular weight is 191 g/mol. The molecule has 0 spiro atoms. The van der Waals surface area contributed by atoms with E-state index < -0.39 is 0 Å². The Morgan fingerprint density at radius 1 is 1.23 bits per heavy atom. The first-order chi connectivity index (χ1) is 6.09. The van der Waals surface area contributed by atoms with E-state index in [1.54, 1.807) is 0 Å². The summed E-state index contributed by atoms with van der Waals surface area (Å²) in [6.07, 6.45) is 0. The lowest BCUT2D eigenvalue weighted by molar-refractivity contribution is 0.669. The second-order valence-electron chi connectivity index (χ2n) is 3.72. The molecular weight excluding hydrogens is 174 g/mol. The maximum absolute atomic E-state index is 3.92. The Bertz CT molecular complexity index is 287. The Kier molecular flexibility index (Phi) is 3.45. The molecule has 1 aromatic carbocycles. The summed E-state index contributed by atoms with van der Waals surface area (Å²) in [5.41, 5.74) is 2.38. The van der Waals surface area contributed by atoms with Crippen LogP contribution in [0.1, 0.15) is 12.5 Å². The van der Waals surface area contributed by atoms with Crippen molar-refractivity contribution in [3.63, 3.8) is 0 Å². The quantitative estimate of drug-likeness (QED) is 0.644. The highest BCUT2D eigenvalue weighted by Crippen LogP contribution is 2.08. The molecule has 0 radical (unpaired) electrons. The van der Waals surface area contributed by atoms with Crippen molar-refractivity contribution in [2.24, 2.45) is 0 Å². The van der Waals surface area contributed by atoms with Crippen molar-refractivity contribution >= 4 is 20.4 Å². The SMILES string of the molecule is C=C(C)c1ccc([SiH2]N(C)C)cc1. The van der Waals surface area contributed by atoms with Gasteiger partial charge >= 0.3 is 0 Å². The highest BCUT2D eigenvalue weighted by Gasteiger charge is 1.96. The van der Waals surface area contributed by atoms with Crippen molar-refractivity contribution in [2.45, 2.75) is 6.92 Å². The van der Waals surface area contributed by atoms with Crippen LogP contribution in [-0.4, -0.2) is 28.3 Å². The van der Waals surface area contributed by atoms with Crippen LogP contribution in [0.5, 0.6) is 0 Å². The maximum Gasteiger partial charge on any atom is 0.126 e. The van der Waals surface area contributed by atoms with Gasteiger partial charge in [0.2, 0.25) is 0 Å². The van der Waals surface area contributed by atoms with E-state index in [0.717, 1.165) is 5.57 Å². The lowest BCUT2D eigenvalue weighted by Gasteiger charge is -2.09. The van der Waals surface area contributed by atoms with Crippen molar-refractivity contribution in [3.8, 4) is 0 Å². The van der Waals surface area contributed by atoms with Crippen LogP contribution in [0.25, 0.3) is 5.57 Å². The zero-order valence-corrected chi connectivity index (χ0v) is 10.1. The molecule has 0 fully saturated rings. The first kappa shape index (κ1) is 10.2. The van der Waals surface area contributed by atoms with Gasteiger partial charge in [0.1, 0.15) is 9.68 Å². The largest absolute Gasteiger partial charge is 0.330 e. The van der Waals surface area contributed by atoms with E-state index in [-0.39, 0.29) is 9.68 Å². The zero-order chi connectivity index (χ0) is 9.84. The van der Waals surface area contributed by atoms with Crippen molar-refractivity contribution in [2.75, 3.05) is 14.1 Å². The first-order valence-electron chi connectivity index (χ1n) is 4.49. The maximum atomic E-state index is 3.92. The molecule has 0 N–H and O–H groups in total. The van der Waals surface area contributed by atoms with Gasteiger partial charge in [0, 0.05) is 0 Å². The molecule has 0 aliphatic carbocycles. The molecule has 0 aromatic heterocycles. The summed E-state index contributed by atoms with van der Waals surface area (Å²) in [4.78, 5) is 0. The van der Waals surface area contributed by atoms with Crippen LogP contribution in [-0.2, 0) is 0 Å². The minimum absolute atomic E-state index is 0.214. The number of nitrogens with zero attached hydrogens (tertiary/aromatic N) is 1. The third-order valence-electron chi connectivity index (χ3n) is 1.95. The van der Waals surface area contributed by atoms with E-state index in [4.69, 9.17) is 0 Å². The Labute approximate surface area is 83.0 Å². The topological polar surface area (TPSA) is 3.24 Å². The van der Waals surface area contributed by atoms with Gasteiger partial charge < -0.3 is 4.57 Å². The average Bonchev–Trinajstić information content (AvgIpc) is 2.04. The van der Waals surface area contributed by atoms with Crippen molar-refractivity contribution in [1.82, 2.24) is 4.57 Å².